The molecule has 0 aliphatic rings. The zero-order chi connectivity index (χ0) is 16.3. The highest BCUT2D eigenvalue weighted by Gasteiger charge is 2.17. The summed E-state index contributed by atoms with van der Waals surface area (Å²) in [5.74, 6) is -1.84. The van der Waals surface area contributed by atoms with Crippen LogP contribution in [0.25, 0.3) is 0 Å². The largest absolute Gasteiger partial charge is 0.481 e. The summed E-state index contributed by atoms with van der Waals surface area (Å²) < 4.78 is 0. The molecule has 0 rings (SSSR count). The number of nitrogens with one attached hydrogen (secondary N) is 3. The number of unbranched alkanes of at least 4 members (excludes halogenated alkanes) is 1. The summed E-state index contributed by atoms with van der Waals surface area (Å²) in [6, 6.07) is -0.574. The van der Waals surface area contributed by atoms with Gasteiger partial charge in [-0.1, -0.05) is 0 Å². The van der Waals surface area contributed by atoms with E-state index in [1.807, 2.05) is 0 Å². The van der Waals surface area contributed by atoms with Gasteiger partial charge in [0.05, 0.1) is 6.42 Å². The van der Waals surface area contributed by atoms with E-state index in [0.717, 1.165) is 0 Å². The summed E-state index contributed by atoms with van der Waals surface area (Å²) >= 11 is 0. The summed E-state index contributed by atoms with van der Waals surface area (Å²) in [6.45, 7) is 1.76. The van der Waals surface area contributed by atoms with Gasteiger partial charge in [0.25, 0.3) is 0 Å². The topological polar surface area (TPSA) is 125 Å². The number of carboxylic acids is 1. The van der Waals surface area contributed by atoms with Crippen molar-refractivity contribution >= 4 is 23.7 Å². The lowest BCUT2D eigenvalue weighted by Crippen LogP contribution is -2.44. The van der Waals surface area contributed by atoms with Crippen molar-refractivity contribution in [3.05, 3.63) is 0 Å². The monoisotopic (exact) mass is 301 g/mol. The van der Waals surface area contributed by atoms with Crippen LogP contribution in [0.2, 0.25) is 0 Å². The number of likely N-dealkylation sites (N-methyl/N-ethyl adjacent to an activating group) is 1. The van der Waals surface area contributed by atoms with Crippen molar-refractivity contribution in [2.24, 2.45) is 0 Å². The average molecular weight is 301 g/mol. The second-order valence-corrected chi connectivity index (χ2v) is 4.61. The van der Waals surface area contributed by atoms with E-state index in [-0.39, 0.29) is 30.6 Å². The fraction of sp³-hybridized carbons (Fsp3) is 0.692. The Kier molecular flexibility index (Phi) is 9.57. The molecule has 21 heavy (non-hydrogen) atoms. The molecule has 0 saturated heterocycles. The molecule has 0 aromatic heterocycles. The van der Waals surface area contributed by atoms with E-state index < -0.39 is 12.0 Å². The maximum atomic E-state index is 11.5. The summed E-state index contributed by atoms with van der Waals surface area (Å²) in [5, 5.41) is 16.1. The Labute approximate surface area is 123 Å². The van der Waals surface area contributed by atoms with Crippen LogP contribution in [0.3, 0.4) is 0 Å². The van der Waals surface area contributed by atoms with Crippen LogP contribution in [0.5, 0.6) is 0 Å². The van der Waals surface area contributed by atoms with Crippen LogP contribution >= 0.6 is 0 Å². The smallest absolute Gasteiger partial charge is 0.303 e. The molecule has 0 aromatic carbocycles. The van der Waals surface area contributed by atoms with Crippen molar-refractivity contribution in [1.82, 2.24) is 16.0 Å². The minimum absolute atomic E-state index is 0.0396. The quantitative estimate of drug-likeness (QED) is 0.401. The van der Waals surface area contributed by atoms with Gasteiger partial charge < -0.3 is 21.1 Å². The van der Waals surface area contributed by atoms with Crippen LogP contribution in [-0.2, 0) is 19.2 Å². The first-order valence-corrected chi connectivity index (χ1v) is 6.84. The van der Waals surface area contributed by atoms with Crippen molar-refractivity contribution in [2.75, 3.05) is 13.6 Å². The van der Waals surface area contributed by atoms with Crippen molar-refractivity contribution < 1.29 is 24.3 Å². The Hall–Kier alpha value is -2.12. The standard InChI is InChI=1S/C13H23N3O5/c1-9(17)16-10(13(21)14-2)5-3-4-8-15-11(18)6-7-12(19)20/h10H,3-8H2,1-2H3,(H,14,21)(H,15,18)(H,16,17)(H,19,20). The van der Waals surface area contributed by atoms with Crippen molar-refractivity contribution in [1.29, 1.82) is 0 Å². The van der Waals surface area contributed by atoms with Gasteiger partial charge in [0.2, 0.25) is 17.7 Å². The third-order valence-corrected chi connectivity index (χ3v) is 2.75. The Bertz CT molecular complexity index is 384. The summed E-state index contributed by atoms with van der Waals surface area (Å²) in [4.78, 5) is 44.0. The number of carbonyl (C=O) groups is 4. The molecule has 0 radical (unpaired) electrons. The Morgan fingerprint density at radius 3 is 2.29 bits per heavy atom. The van der Waals surface area contributed by atoms with Gasteiger partial charge in [-0.15, -0.1) is 0 Å². The third-order valence-electron chi connectivity index (χ3n) is 2.75. The molecule has 4 N–H and O–H groups in total. The van der Waals surface area contributed by atoms with Crippen LogP contribution in [0.4, 0.5) is 0 Å². The van der Waals surface area contributed by atoms with E-state index in [1.165, 1.54) is 14.0 Å². The van der Waals surface area contributed by atoms with Gasteiger partial charge in [-0.2, -0.15) is 0 Å². The highest BCUT2D eigenvalue weighted by Crippen LogP contribution is 2.01. The van der Waals surface area contributed by atoms with E-state index in [2.05, 4.69) is 16.0 Å². The van der Waals surface area contributed by atoms with Gasteiger partial charge in [0.1, 0.15) is 6.04 Å². The first kappa shape index (κ1) is 18.9. The predicted molar refractivity (Wildman–Crippen MR) is 75.4 cm³/mol. The van der Waals surface area contributed by atoms with E-state index in [4.69, 9.17) is 5.11 Å². The van der Waals surface area contributed by atoms with Gasteiger partial charge in [0, 0.05) is 26.9 Å². The number of carboxylic acid groups (broad SMARTS) is 1. The van der Waals surface area contributed by atoms with Crippen molar-refractivity contribution in [2.45, 2.75) is 45.1 Å². The number of rotatable bonds is 10. The molecule has 0 spiro atoms. The normalized spacial score (nSPS) is 11.3. The summed E-state index contributed by atoms with van der Waals surface area (Å²) in [6.07, 6.45) is 1.54. The SMILES string of the molecule is CNC(=O)C(CCCCNC(=O)CCC(=O)O)NC(C)=O. The van der Waals surface area contributed by atoms with Crippen LogP contribution < -0.4 is 16.0 Å². The molecular formula is C13H23N3O5. The molecule has 0 saturated carbocycles. The Morgan fingerprint density at radius 2 is 1.76 bits per heavy atom. The molecule has 1 atom stereocenters. The molecule has 0 fully saturated rings. The number of hydrogen-bond donors (Lipinski definition) is 4. The van der Waals surface area contributed by atoms with Gasteiger partial charge in [0.15, 0.2) is 0 Å². The molecular weight excluding hydrogens is 278 g/mol. The third kappa shape index (κ3) is 10.3. The predicted octanol–water partition coefficient (Wildman–Crippen LogP) is -0.612. The number of hydrogen-bond acceptors (Lipinski definition) is 4. The van der Waals surface area contributed by atoms with Gasteiger partial charge in [-0.3, -0.25) is 19.2 Å². The zero-order valence-electron chi connectivity index (χ0n) is 12.4. The van der Waals surface area contributed by atoms with E-state index in [0.29, 0.717) is 25.8 Å². The summed E-state index contributed by atoms with van der Waals surface area (Å²) in [5.41, 5.74) is 0. The van der Waals surface area contributed by atoms with Gasteiger partial charge in [-0.25, -0.2) is 0 Å². The first-order valence-electron chi connectivity index (χ1n) is 6.84. The highest BCUT2D eigenvalue weighted by atomic mass is 16.4. The average Bonchev–Trinajstić information content (AvgIpc) is 2.42. The Morgan fingerprint density at radius 1 is 1.10 bits per heavy atom. The second-order valence-electron chi connectivity index (χ2n) is 4.61. The van der Waals surface area contributed by atoms with E-state index in [9.17, 15) is 19.2 Å². The minimum Gasteiger partial charge on any atom is -0.481 e. The lowest BCUT2D eigenvalue weighted by atomic mass is 10.1. The van der Waals surface area contributed by atoms with Crippen LogP contribution in [0.1, 0.15) is 39.0 Å². The molecule has 0 heterocycles. The highest BCUT2D eigenvalue weighted by molar-refractivity contribution is 5.86. The molecule has 0 aliphatic carbocycles. The molecule has 120 valence electrons. The zero-order valence-corrected chi connectivity index (χ0v) is 12.4. The fourth-order valence-electron chi connectivity index (χ4n) is 1.70. The molecule has 3 amide bonds. The summed E-state index contributed by atoms with van der Waals surface area (Å²) in [7, 11) is 1.50. The minimum atomic E-state index is -1.01. The number of carbonyl (C=O) groups excluding carboxylic acids is 3. The molecule has 8 heteroatoms. The fourth-order valence-corrected chi connectivity index (χ4v) is 1.70. The van der Waals surface area contributed by atoms with Gasteiger partial charge >= 0.3 is 5.97 Å². The van der Waals surface area contributed by atoms with Crippen molar-refractivity contribution in [3.63, 3.8) is 0 Å². The lowest BCUT2D eigenvalue weighted by molar-refractivity contribution is -0.138. The van der Waals surface area contributed by atoms with Crippen molar-refractivity contribution in [3.8, 4) is 0 Å². The molecule has 0 aliphatic heterocycles. The van der Waals surface area contributed by atoms with E-state index >= 15 is 0 Å². The van der Waals surface area contributed by atoms with Gasteiger partial charge in [-0.05, 0) is 19.3 Å². The van der Waals surface area contributed by atoms with Crippen LogP contribution in [0.15, 0.2) is 0 Å². The molecule has 0 aromatic rings. The van der Waals surface area contributed by atoms with Crippen LogP contribution in [0, 0.1) is 0 Å². The lowest BCUT2D eigenvalue weighted by Gasteiger charge is -2.16. The maximum absolute atomic E-state index is 11.5. The molecule has 0 bridgehead atoms. The van der Waals surface area contributed by atoms with E-state index in [1.54, 1.807) is 0 Å². The maximum Gasteiger partial charge on any atom is 0.303 e. The molecule has 1 unspecified atom stereocenters. The Balaban J connectivity index is 3.84. The first-order chi connectivity index (χ1) is 9.86. The van der Waals surface area contributed by atoms with Crippen LogP contribution in [-0.4, -0.2) is 48.4 Å². The number of aliphatic carboxylic acids is 1. The number of amides is 3. The molecule has 8 nitrogen and oxygen atoms in total. The second kappa shape index (κ2) is 10.6.